The van der Waals surface area contributed by atoms with Gasteiger partial charge in [0.05, 0.1) is 5.69 Å². The Hall–Kier alpha value is -2.96. The summed E-state index contributed by atoms with van der Waals surface area (Å²) in [5, 5.41) is 15.2. The molecular formula is C20H24N6O. The predicted molar refractivity (Wildman–Crippen MR) is 102 cm³/mol. The van der Waals surface area contributed by atoms with Crippen molar-refractivity contribution in [1.82, 2.24) is 29.9 Å². The number of rotatable bonds is 4. The number of piperidine rings is 1. The maximum atomic E-state index is 12.8. The summed E-state index contributed by atoms with van der Waals surface area (Å²) in [6.45, 7) is 5.84. The lowest BCUT2D eigenvalue weighted by molar-refractivity contribution is 0.0712. The fourth-order valence-electron chi connectivity index (χ4n) is 3.54. The summed E-state index contributed by atoms with van der Waals surface area (Å²) in [6, 6.07) is 9.75. The van der Waals surface area contributed by atoms with E-state index in [1.54, 1.807) is 12.7 Å². The molecule has 1 aliphatic heterocycles. The molecule has 1 N–H and O–H groups in total. The molecule has 0 spiro atoms. The van der Waals surface area contributed by atoms with Gasteiger partial charge in [0.2, 0.25) is 0 Å². The van der Waals surface area contributed by atoms with Crippen molar-refractivity contribution in [2.75, 3.05) is 13.1 Å². The second kappa shape index (κ2) is 7.34. The quantitative estimate of drug-likeness (QED) is 0.771. The van der Waals surface area contributed by atoms with Gasteiger partial charge < -0.3 is 4.90 Å². The average molecular weight is 364 g/mol. The van der Waals surface area contributed by atoms with Crippen molar-refractivity contribution in [2.45, 2.75) is 38.5 Å². The Balaban J connectivity index is 1.38. The second-order valence-corrected chi connectivity index (χ2v) is 7.39. The first-order valence-corrected chi connectivity index (χ1v) is 9.41. The molecule has 140 valence electrons. The van der Waals surface area contributed by atoms with Crippen molar-refractivity contribution in [3.63, 3.8) is 0 Å². The van der Waals surface area contributed by atoms with Gasteiger partial charge in [-0.15, -0.1) is 10.2 Å². The minimum absolute atomic E-state index is 0.0937. The summed E-state index contributed by atoms with van der Waals surface area (Å²) in [5.74, 6) is 0.971. The van der Waals surface area contributed by atoms with E-state index in [9.17, 15) is 4.79 Å². The van der Waals surface area contributed by atoms with E-state index in [0.29, 0.717) is 17.4 Å². The van der Waals surface area contributed by atoms with E-state index in [2.05, 4.69) is 40.3 Å². The lowest BCUT2D eigenvalue weighted by Crippen LogP contribution is -2.38. The lowest BCUT2D eigenvalue weighted by Gasteiger charge is -2.31. The highest BCUT2D eigenvalue weighted by Crippen LogP contribution is 2.29. The van der Waals surface area contributed by atoms with Gasteiger partial charge in [-0.1, -0.05) is 13.8 Å². The molecule has 1 aromatic carbocycles. The molecule has 0 aliphatic carbocycles. The zero-order valence-electron chi connectivity index (χ0n) is 15.7. The fraction of sp³-hybridized carbons (Fsp3) is 0.400. The number of amides is 1. The molecule has 0 atom stereocenters. The van der Waals surface area contributed by atoms with Gasteiger partial charge in [0.1, 0.15) is 12.7 Å². The number of benzene rings is 1. The molecule has 1 aliphatic rings. The number of carbonyl (C=O) groups excluding carboxylic acids is 1. The molecule has 1 amide bonds. The average Bonchev–Trinajstić information content (AvgIpc) is 3.40. The van der Waals surface area contributed by atoms with E-state index in [1.165, 1.54) is 5.69 Å². The molecular weight excluding hydrogens is 340 g/mol. The fourth-order valence-corrected chi connectivity index (χ4v) is 3.54. The summed E-state index contributed by atoms with van der Waals surface area (Å²) in [4.78, 5) is 14.8. The summed E-state index contributed by atoms with van der Waals surface area (Å²) < 4.78 is 1.82. The third kappa shape index (κ3) is 3.63. The van der Waals surface area contributed by atoms with Crippen LogP contribution in [0.1, 0.15) is 60.3 Å². The topological polar surface area (TPSA) is 79.7 Å². The Kier molecular flexibility index (Phi) is 4.75. The maximum Gasteiger partial charge on any atom is 0.253 e. The molecule has 3 aromatic rings. The van der Waals surface area contributed by atoms with Gasteiger partial charge in [0, 0.05) is 36.0 Å². The highest BCUT2D eigenvalue weighted by atomic mass is 16.2. The van der Waals surface area contributed by atoms with Crippen molar-refractivity contribution >= 4 is 5.91 Å². The zero-order valence-corrected chi connectivity index (χ0v) is 15.7. The Bertz CT molecular complexity index is 889. The van der Waals surface area contributed by atoms with Crippen LogP contribution in [0.2, 0.25) is 0 Å². The summed E-state index contributed by atoms with van der Waals surface area (Å²) >= 11 is 0. The van der Waals surface area contributed by atoms with E-state index in [4.69, 9.17) is 0 Å². The molecule has 7 nitrogen and oxygen atoms in total. The van der Waals surface area contributed by atoms with Gasteiger partial charge in [0.25, 0.3) is 5.91 Å². The highest BCUT2D eigenvalue weighted by Gasteiger charge is 2.26. The minimum Gasteiger partial charge on any atom is -0.339 e. The number of nitrogens with one attached hydrogen (secondary N) is 1. The van der Waals surface area contributed by atoms with Crippen molar-refractivity contribution in [1.29, 1.82) is 0 Å². The normalized spacial score (nSPS) is 15.4. The summed E-state index contributed by atoms with van der Waals surface area (Å²) in [6.07, 6.45) is 5.21. The van der Waals surface area contributed by atoms with Gasteiger partial charge in [-0.25, -0.2) is 0 Å². The Morgan fingerprint density at radius 2 is 1.78 bits per heavy atom. The third-order valence-electron chi connectivity index (χ3n) is 5.26. The third-order valence-corrected chi connectivity index (χ3v) is 5.26. The van der Waals surface area contributed by atoms with Crippen LogP contribution in [0.15, 0.2) is 43.0 Å². The molecule has 0 radical (unpaired) electrons. The standard InChI is InChI=1S/C20H24N6O/c1-14(2)18-11-19(24-23-18)15-7-9-25(10-8-15)20(27)16-3-5-17(6-4-16)26-12-21-22-13-26/h3-6,11-15H,7-10H2,1-2H3,(H,23,24). The largest absolute Gasteiger partial charge is 0.339 e. The smallest absolute Gasteiger partial charge is 0.253 e. The molecule has 4 rings (SSSR count). The van der Waals surface area contributed by atoms with Gasteiger partial charge in [-0.2, -0.15) is 5.10 Å². The van der Waals surface area contributed by atoms with Gasteiger partial charge in [0.15, 0.2) is 0 Å². The van der Waals surface area contributed by atoms with Crippen molar-refractivity contribution in [3.05, 3.63) is 59.9 Å². The number of carbonyl (C=O) groups is 1. The number of nitrogens with zero attached hydrogens (tertiary/aromatic N) is 5. The second-order valence-electron chi connectivity index (χ2n) is 7.39. The number of aromatic amines is 1. The summed E-state index contributed by atoms with van der Waals surface area (Å²) in [5.41, 5.74) is 3.96. The van der Waals surface area contributed by atoms with Gasteiger partial charge >= 0.3 is 0 Å². The highest BCUT2D eigenvalue weighted by molar-refractivity contribution is 5.94. The molecule has 27 heavy (non-hydrogen) atoms. The van der Waals surface area contributed by atoms with Crippen LogP contribution >= 0.6 is 0 Å². The van der Waals surface area contributed by atoms with Gasteiger partial charge in [-0.3, -0.25) is 14.5 Å². The Morgan fingerprint density at radius 1 is 1.11 bits per heavy atom. The van der Waals surface area contributed by atoms with E-state index < -0.39 is 0 Å². The molecule has 1 saturated heterocycles. The number of aromatic nitrogens is 5. The zero-order chi connectivity index (χ0) is 18.8. The number of hydrogen-bond donors (Lipinski definition) is 1. The van der Waals surface area contributed by atoms with E-state index in [-0.39, 0.29) is 5.91 Å². The molecule has 7 heteroatoms. The lowest BCUT2D eigenvalue weighted by atomic mass is 9.92. The first kappa shape index (κ1) is 17.5. The number of likely N-dealkylation sites (tertiary alicyclic amines) is 1. The number of H-pyrrole nitrogens is 1. The molecule has 3 heterocycles. The van der Waals surface area contributed by atoms with Crippen LogP contribution in [0.5, 0.6) is 0 Å². The molecule has 1 fully saturated rings. The van der Waals surface area contributed by atoms with Crippen molar-refractivity contribution in [3.8, 4) is 5.69 Å². The minimum atomic E-state index is 0.0937. The van der Waals surface area contributed by atoms with E-state index in [0.717, 1.165) is 37.3 Å². The van der Waals surface area contributed by atoms with Crippen LogP contribution in [-0.4, -0.2) is 48.9 Å². The van der Waals surface area contributed by atoms with Crippen LogP contribution in [0.3, 0.4) is 0 Å². The first-order chi connectivity index (χ1) is 13.1. The summed E-state index contributed by atoms with van der Waals surface area (Å²) in [7, 11) is 0. The van der Waals surface area contributed by atoms with E-state index >= 15 is 0 Å². The van der Waals surface area contributed by atoms with Crippen LogP contribution in [0, 0.1) is 0 Å². The maximum absolute atomic E-state index is 12.8. The molecule has 0 saturated carbocycles. The Morgan fingerprint density at radius 3 is 2.37 bits per heavy atom. The molecule has 2 aromatic heterocycles. The Labute approximate surface area is 158 Å². The van der Waals surface area contributed by atoms with Crippen molar-refractivity contribution < 1.29 is 4.79 Å². The number of hydrogen-bond acceptors (Lipinski definition) is 4. The van der Waals surface area contributed by atoms with E-state index in [1.807, 2.05) is 33.7 Å². The van der Waals surface area contributed by atoms with Gasteiger partial charge in [-0.05, 0) is 49.1 Å². The first-order valence-electron chi connectivity index (χ1n) is 9.41. The molecule has 0 unspecified atom stereocenters. The van der Waals surface area contributed by atoms with Crippen LogP contribution < -0.4 is 0 Å². The SMILES string of the molecule is CC(C)c1cc(C2CCN(C(=O)c3ccc(-n4cnnc4)cc3)CC2)[nH]n1. The van der Waals surface area contributed by atoms with Crippen LogP contribution in [-0.2, 0) is 0 Å². The van der Waals surface area contributed by atoms with Crippen LogP contribution in [0.25, 0.3) is 5.69 Å². The monoisotopic (exact) mass is 364 g/mol. The molecule has 0 bridgehead atoms. The predicted octanol–water partition coefficient (Wildman–Crippen LogP) is 3.13. The van der Waals surface area contributed by atoms with Crippen molar-refractivity contribution in [2.24, 2.45) is 0 Å². The van der Waals surface area contributed by atoms with Crippen LogP contribution in [0.4, 0.5) is 0 Å².